The Morgan fingerprint density at radius 2 is 2.11 bits per heavy atom. The quantitative estimate of drug-likeness (QED) is 0.818. The third-order valence-electron chi connectivity index (χ3n) is 2.70. The number of hydrogen-bond acceptors (Lipinski definition) is 3. The van der Waals surface area contributed by atoms with E-state index in [4.69, 9.17) is 5.73 Å². The number of likely N-dealkylation sites (N-methyl/N-ethyl adjacent to an activating group) is 1. The summed E-state index contributed by atoms with van der Waals surface area (Å²) in [7, 11) is 1.76. The van der Waals surface area contributed by atoms with Gasteiger partial charge in [-0.15, -0.1) is 0 Å². The molecule has 1 rings (SSSR count). The molecule has 0 saturated carbocycles. The summed E-state index contributed by atoms with van der Waals surface area (Å²) in [6.07, 6.45) is 1.68. The largest absolute Gasteiger partial charge is 0.397 e. The van der Waals surface area contributed by atoms with Gasteiger partial charge in [0.05, 0.1) is 12.2 Å². The van der Waals surface area contributed by atoms with Crippen molar-refractivity contribution in [1.29, 1.82) is 0 Å². The Hall–Kier alpha value is -1.98. The van der Waals surface area contributed by atoms with Crippen molar-refractivity contribution in [2.75, 3.05) is 18.8 Å². The number of carbonyl (C=O) groups is 2. The van der Waals surface area contributed by atoms with Gasteiger partial charge in [-0.1, -0.05) is 0 Å². The molecule has 0 spiro atoms. The molecule has 0 saturated heterocycles. The van der Waals surface area contributed by atoms with Crippen molar-refractivity contribution in [3.8, 4) is 0 Å². The topological polar surface area (TPSA) is 80.4 Å². The van der Waals surface area contributed by atoms with Crippen molar-refractivity contribution >= 4 is 17.5 Å². The highest BCUT2D eigenvalue weighted by molar-refractivity contribution is 5.96. The van der Waals surface area contributed by atoms with E-state index in [0.29, 0.717) is 17.9 Å². The molecule has 1 aromatic heterocycles. The average Bonchev–Trinajstić information content (AvgIpc) is 2.63. The van der Waals surface area contributed by atoms with Crippen molar-refractivity contribution in [2.24, 2.45) is 7.05 Å². The first-order valence-electron chi connectivity index (χ1n) is 6.35. The van der Waals surface area contributed by atoms with Crippen molar-refractivity contribution in [1.82, 2.24) is 14.8 Å². The molecule has 0 aliphatic heterocycles. The van der Waals surface area contributed by atoms with Gasteiger partial charge in [0.25, 0.3) is 5.91 Å². The van der Waals surface area contributed by atoms with Crippen LogP contribution in [0.25, 0.3) is 0 Å². The van der Waals surface area contributed by atoms with E-state index >= 15 is 0 Å². The standard InChI is InChI=1S/C13H22N4O2/c1-5-17(8-12(18)15-9(2)3)13(19)11-6-10(14)7-16(11)4/h6-7,9H,5,8,14H2,1-4H3,(H,15,18). The minimum Gasteiger partial charge on any atom is -0.397 e. The molecule has 19 heavy (non-hydrogen) atoms. The van der Waals surface area contributed by atoms with Gasteiger partial charge in [-0.25, -0.2) is 0 Å². The molecule has 0 unspecified atom stereocenters. The molecule has 1 aromatic rings. The number of anilines is 1. The number of carbonyl (C=O) groups excluding carboxylic acids is 2. The lowest BCUT2D eigenvalue weighted by Gasteiger charge is -2.21. The molecule has 2 amide bonds. The van der Waals surface area contributed by atoms with E-state index in [-0.39, 0.29) is 24.4 Å². The monoisotopic (exact) mass is 266 g/mol. The van der Waals surface area contributed by atoms with Crippen LogP contribution in [-0.4, -0.2) is 40.4 Å². The van der Waals surface area contributed by atoms with E-state index in [2.05, 4.69) is 5.32 Å². The normalized spacial score (nSPS) is 10.6. The highest BCUT2D eigenvalue weighted by Gasteiger charge is 2.20. The minimum absolute atomic E-state index is 0.0542. The highest BCUT2D eigenvalue weighted by atomic mass is 16.2. The zero-order chi connectivity index (χ0) is 14.6. The Labute approximate surface area is 113 Å². The highest BCUT2D eigenvalue weighted by Crippen LogP contribution is 2.11. The number of nitrogen functional groups attached to an aromatic ring is 1. The maximum Gasteiger partial charge on any atom is 0.271 e. The number of nitrogens with zero attached hydrogens (tertiary/aromatic N) is 2. The summed E-state index contributed by atoms with van der Waals surface area (Å²) in [6, 6.07) is 1.68. The maximum atomic E-state index is 12.3. The summed E-state index contributed by atoms with van der Waals surface area (Å²) in [4.78, 5) is 25.5. The van der Waals surface area contributed by atoms with Gasteiger partial charge < -0.3 is 20.5 Å². The Bertz CT molecular complexity index is 465. The molecule has 0 aliphatic carbocycles. The smallest absolute Gasteiger partial charge is 0.271 e. The van der Waals surface area contributed by atoms with Crippen LogP contribution in [0.1, 0.15) is 31.3 Å². The van der Waals surface area contributed by atoms with E-state index in [1.807, 2.05) is 20.8 Å². The fourth-order valence-corrected chi connectivity index (χ4v) is 1.83. The fraction of sp³-hybridized carbons (Fsp3) is 0.538. The van der Waals surface area contributed by atoms with E-state index < -0.39 is 0 Å². The van der Waals surface area contributed by atoms with Crippen molar-refractivity contribution in [3.05, 3.63) is 18.0 Å². The maximum absolute atomic E-state index is 12.3. The van der Waals surface area contributed by atoms with Crippen LogP contribution in [0.3, 0.4) is 0 Å². The summed E-state index contributed by atoms with van der Waals surface area (Å²) >= 11 is 0. The van der Waals surface area contributed by atoms with Crippen LogP contribution < -0.4 is 11.1 Å². The number of aromatic nitrogens is 1. The van der Waals surface area contributed by atoms with E-state index in [9.17, 15) is 9.59 Å². The first kappa shape index (κ1) is 15.1. The number of amides is 2. The molecule has 0 atom stereocenters. The van der Waals surface area contributed by atoms with Crippen LogP contribution in [-0.2, 0) is 11.8 Å². The summed E-state index contributed by atoms with van der Waals surface area (Å²) < 4.78 is 1.67. The molecule has 0 bridgehead atoms. The first-order chi connectivity index (χ1) is 8.85. The van der Waals surface area contributed by atoms with Crippen molar-refractivity contribution in [2.45, 2.75) is 26.8 Å². The van der Waals surface area contributed by atoms with E-state index in [1.54, 1.807) is 23.9 Å². The zero-order valence-corrected chi connectivity index (χ0v) is 11.9. The van der Waals surface area contributed by atoms with Gasteiger partial charge in [0, 0.05) is 25.8 Å². The predicted molar refractivity (Wildman–Crippen MR) is 74.7 cm³/mol. The molecule has 1 heterocycles. The lowest BCUT2D eigenvalue weighted by atomic mass is 10.3. The third-order valence-corrected chi connectivity index (χ3v) is 2.70. The summed E-state index contributed by atoms with van der Waals surface area (Å²) in [5, 5.41) is 2.77. The number of aryl methyl sites for hydroxylation is 1. The Morgan fingerprint density at radius 3 is 2.53 bits per heavy atom. The van der Waals surface area contributed by atoms with Gasteiger partial charge in [0.15, 0.2) is 0 Å². The third kappa shape index (κ3) is 4.01. The summed E-state index contributed by atoms with van der Waals surface area (Å²) in [6.45, 7) is 6.13. The van der Waals surface area contributed by atoms with Crippen LogP contribution in [0, 0.1) is 0 Å². The van der Waals surface area contributed by atoms with Crippen LogP contribution in [0.4, 0.5) is 5.69 Å². The SMILES string of the molecule is CCN(CC(=O)NC(C)C)C(=O)c1cc(N)cn1C. The number of nitrogens with one attached hydrogen (secondary N) is 1. The van der Waals surface area contributed by atoms with Crippen molar-refractivity contribution in [3.63, 3.8) is 0 Å². The van der Waals surface area contributed by atoms with E-state index in [1.165, 1.54) is 4.90 Å². The zero-order valence-electron chi connectivity index (χ0n) is 11.9. The van der Waals surface area contributed by atoms with Gasteiger partial charge in [0.2, 0.25) is 5.91 Å². The molecule has 6 nitrogen and oxygen atoms in total. The lowest BCUT2D eigenvalue weighted by molar-refractivity contribution is -0.122. The number of hydrogen-bond donors (Lipinski definition) is 2. The number of rotatable bonds is 5. The van der Waals surface area contributed by atoms with Crippen molar-refractivity contribution < 1.29 is 9.59 Å². The van der Waals surface area contributed by atoms with Gasteiger partial charge in [0.1, 0.15) is 5.69 Å². The Balaban J connectivity index is 2.77. The van der Waals surface area contributed by atoms with E-state index in [0.717, 1.165) is 0 Å². The Kier molecular flexibility index (Phi) is 4.97. The van der Waals surface area contributed by atoms with Gasteiger partial charge in [-0.3, -0.25) is 9.59 Å². The second kappa shape index (κ2) is 6.26. The molecule has 3 N–H and O–H groups in total. The Morgan fingerprint density at radius 1 is 1.47 bits per heavy atom. The molecule has 0 fully saturated rings. The molecule has 0 aromatic carbocycles. The molecule has 0 radical (unpaired) electrons. The van der Waals surface area contributed by atoms with Crippen LogP contribution in [0.15, 0.2) is 12.3 Å². The second-order valence-corrected chi connectivity index (χ2v) is 4.81. The van der Waals surface area contributed by atoms with Crippen LogP contribution in [0.5, 0.6) is 0 Å². The second-order valence-electron chi connectivity index (χ2n) is 4.81. The lowest BCUT2D eigenvalue weighted by Crippen LogP contribution is -2.43. The van der Waals surface area contributed by atoms with Crippen LogP contribution in [0.2, 0.25) is 0 Å². The van der Waals surface area contributed by atoms with Gasteiger partial charge in [-0.2, -0.15) is 0 Å². The average molecular weight is 266 g/mol. The fourth-order valence-electron chi connectivity index (χ4n) is 1.83. The molecule has 0 aliphatic rings. The number of nitrogens with two attached hydrogens (primary N) is 1. The van der Waals surface area contributed by atoms with Crippen LogP contribution >= 0.6 is 0 Å². The van der Waals surface area contributed by atoms with Gasteiger partial charge in [-0.05, 0) is 26.8 Å². The first-order valence-corrected chi connectivity index (χ1v) is 6.35. The predicted octanol–water partition coefficient (Wildman–Crippen LogP) is 0.594. The van der Waals surface area contributed by atoms with Gasteiger partial charge >= 0.3 is 0 Å². The minimum atomic E-state index is -0.194. The summed E-state index contributed by atoms with van der Waals surface area (Å²) in [5.41, 5.74) is 6.67. The molecular formula is C13H22N4O2. The summed E-state index contributed by atoms with van der Waals surface area (Å²) in [5.74, 6) is -0.354. The molecular weight excluding hydrogens is 244 g/mol. The molecule has 6 heteroatoms. The molecule has 106 valence electrons.